The number of hydrogen-bond donors (Lipinski definition) is 1. The van der Waals surface area contributed by atoms with E-state index in [0.29, 0.717) is 0 Å². The number of halogens is 1. The Hall–Kier alpha value is 0.440. The van der Waals surface area contributed by atoms with Gasteiger partial charge in [-0.2, -0.15) is 0 Å². The summed E-state index contributed by atoms with van der Waals surface area (Å²) < 4.78 is 0. The van der Waals surface area contributed by atoms with Gasteiger partial charge in [-0.15, -0.1) is 0 Å². The van der Waals surface area contributed by atoms with Crippen LogP contribution in [0.1, 0.15) is 90.9 Å². The molecule has 0 aliphatic carbocycles. The molecule has 0 heterocycles. The van der Waals surface area contributed by atoms with E-state index in [1.165, 1.54) is 83.6 Å². The highest BCUT2D eigenvalue weighted by Crippen LogP contribution is 2.10. The summed E-state index contributed by atoms with van der Waals surface area (Å²) >= 11 is 3.52. The first-order valence-electron chi connectivity index (χ1n) is 8.64. The molecular formula is C17H36BrN. The molecular weight excluding hydrogens is 298 g/mol. The molecule has 19 heavy (non-hydrogen) atoms. The standard InChI is InChI=1S/C17H36BrN/c1-3-5-6-7-8-9-10-11-12-13-16-19-17(4-2)14-15-18/h17,19H,3-16H2,1-2H3. The van der Waals surface area contributed by atoms with Crippen molar-refractivity contribution in [3.8, 4) is 0 Å². The van der Waals surface area contributed by atoms with Crippen LogP contribution in [0.2, 0.25) is 0 Å². The number of unbranched alkanes of at least 4 members (excludes halogenated alkanes) is 9. The van der Waals surface area contributed by atoms with E-state index in [1.807, 2.05) is 0 Å². The number of alkyl halides is 1. The van der Waals surface area contributed by atoms with Crippen molar-refractivity contribution in [1.29, 1.82) is 0 Å². The van der Waals surface area contributed by atoms with Crippen LogP contribution in [0.15, 0.2) is 0 Å². The molecule has 0 bridgehead atoms. The monoisotopic (exact) mass is 333 g/mol. The molecule has 0 aromatic heterocycles. The highest BCUT2D eigenvalue weighted by Gasteiger charge is 2.02. The Bertz CT molecular complexity index is 161. The van der Waals surface area contributed by atoms with Gasteiger partial charge in [-0.1, -0.05) is 87.6 Å². The van der Waals surface area contributed by atoms with Gasteiger partial charge in [0.05, 0.1) is 0 Å². The van der Waals surface area contributed by atoms with Gasteiger partial charge in [-0.3, -0.25) is 0 Å². The molecule has 1 nitrogen and oxygen atoms in total. The SMILES string of the molecule is CCCCCCCCCCCCNC(CC)CCBr. The summed E-state index contributed by atoms with van der Waals surface area (Å²) in [7, 11) is 0. The van der Waals surface area contributed by atoms with E-state index in [1.54, 1.807) is 0 Å². The summed E-state index contributed by atoms with van der Waals surface area (Å²) in [6.07, 6.45) is 16.8. The summed E-state index contributed by atoms with van der Waals surface area (Å²) in [5.74, 6) is 0. The average molecular weight is 334 g/mol. The Morgan fingerprint density at radius 2 is 1.32 bits per heavy atom. The largest absolute Gasteiger partial charge is 0.314 e. The molecule has 116 valence electrons. The van der Waals surface area contributed by atoms with Crippen LogP contribution in [-0.4, -0.2) is 17.9 Å². The highest BCUT2D eigenvalue weighted by molar-refractivity contribution is 9.09. The predicted octanol–water partition coefficient (Wildman–Crippen LogP) is 6.06. The molecule has 0 saturated heterocycles. The topological polar surface area (TPSA) is 12.0 Å². The molecule has 1 unspecified atom stereocenters. The molecule has 0 amide bonds. The van der Waals surface area contributed by atoms with E-state index in [-0.39, 0.29) is 0 Å². The third kappa shape index (κ3) is 14.7. The molecule has 0 spiro atoms. The smallest absolute Gasteiger partial charge is 0.00723 e. The lowest BCUT2D eigenvalue weighted by Gasteiger charge is -2.15. The lowest BCUT2D eigenvalue weighted by atomic mass is 10.1. The van der Waals surface area contributed by atoms with Crippen LogP contribution in [0.3, 0.4) is 0 Å². The molecule has 0 saturated carbocycles. The second-order valence-corrected chi connectivity index (χ2v) is 6.51. The second-order valence-electron chi connectivity index (χ2n) is 5.72. The van der Waals surface area contributed by atoms with Crippen molar-refractivity contribution in [2.24, 2.45) is 0 Å². The van der Waals surface area contributed by atoms with Crippen LogP contribution in [-0.2, 0) is 0 Å². The molecule has 0 aliphatic heterocycles. The molecule has 0 fully saturated rings. The van der Waals surface area contributed by atoms with Gasteiger partial charge in [0.25, 0.3) is 0 Å². The molecule has 0 rings (SSSR count). The highest BCUT2D eigenvalue weighted by atomic mass is 79.9. The maximum absolute atomic E-state index is 3.67. The fourth-order valence-electron chi connectivity index (χ4n) is 2.50. The summed E-state index contributed by atoms with van der Waals surface area (Å²) in [6, 6.07) is 0.720. The molecule has 0 aromatic rings. The fourth-order valence-corrected chi connectivity index (χ4v) is 3.05. The second kappa shape index (κ2) is 16.5. The van der Waals surface area contributed by atoms with Crippen LogP contribution in [0.4, 0.5) is 0 Å². The zero-order chi connectivity index (χ0) is 14.2. The molecule has 1 atom stereocenters. The predicted molar refractivity (Wildman–Crippen MR) is 92.3 cm³/mol. The van der Waals surface area contributed by atoms with Gasteiger partial charge in [0.1, 0.15) is 0 Å². The average Bonchev–Trinajstić information content (AvgIpc) is 2.43. The van der Waals surface area contributed by atoms with Crippen LogP contribution in [0.25, 0.3) is 0 Å². The van der Waals surface area contributed by atoms with Gasteiger partial charge in [-0.05, 0) is 25.8 Å². The van der Waals surface area contributed by atoms with Crippen molar-refractivity contribution in [1.82, 2.24) is 5.32 Å². The minimum absolute atomic E-state index is 0.720. The van der Waals surface area contributed by atoms with Crippen LogP contribution < -0.4 is 5.32 Å². The molecule has 2 heteroatoms. The summed E-state index contributed by atoms with van der Waals surface area (Å²) in [5, 5.41) is 4.79. The van der Waals surface area contributed by atoms with E-state index in [9.17, 15) is 0 Å². The molecule has 1 N–H and O–H groups in total. The summed E-state index contributed by atoms with van der Waals surface area (Å²) in [5.41, 5.74) is 0. The zero-order valence-electron chi connectivity index (χ0n) is 13.4. The Morgan fingerprint density at radius 3 is 1.79 bits per heavy atom. The van der Waals surface area contributed by atoms with Crippen molar-refractivity contribution in [3.63, 3.8) is 0 Å². The van der Waals surface area contributed by atoms with Crippen LogP contribution in [0.5, 0.6) is 0 Å². The first-order chi connectivity index (χ1) is 9.35. The van der Waals surface area contributed by atoms with Gasteiger partial charge in [0.15, 0.2) is 0 Å². The van der Waals surface area contributed by atoms with E-state index in [4.69, 9.17) is 0 Å². The van der Waals surface area contributed by atoms with Crippen molar-refractivity contribution in [2.75, 3.05) is 11.9 Å². The fraction of sp³-hybridized carbons (Fsp3) is 1.00. The third-order valence-electron chi connectivity index (χ3n) is 3.91. The summed E-state index contributed by atoms with van der Waals surface area (Å²) in [4.78, 5) is 0. The van der Waals surface area contributed by atoms with Crippen molar-refractivity contribution in [3.05, 3.63) is 0 Å². The number of nitrogens with one attached hydrogen (secondary N) is 1. The lowest BCUT2D eigenvalue weighted by molar-refractivity contribution is 0.469. The van der Waals surface area contributed by atoms with Gasteiger partial charge in [0, 0.05) is 11.4 Å². The molecule has 0 aromatic carbocycles. The molecule has 0 radical (unpaired) electrons. The van der Waals surface area contributed by atoms with Gasteiger partial charge >= 0.3 is 0 Å². The van der Waals surface area contributed by atoms with Gasteiger partial charge in [0.2, 0.25) is 0 Å². The number of hydrogen-bond acceptors (Lipinski definition) is 1. The van der Waals surface area contributed by atoms with Crippen molar-refractivity contribution in [2.45, 2.75) is 96.9 Å². The van der Waals surface area contributed by atoms with Crippen LogP contribution in [0, 0.1) is 0 Å². The maximum Gasteiger partial charge on any atom is 0.00723 e. The maximum atomic E-state index is 3.67. The van der Waals surface area contributed by atoms with E-state index in [0.717, 1.165) is 11.4 Å². The van der Waals surface area contributed by atoms with E-state index >= 15 is 0 Å². The first-order valence-corrected chi connectivity index (χ1v) is 9.76. The van der Waals surface area contributed by atoms with E-state index < -0.39 is 0 Å². The van der Waals surface area contributed by atoms with Gasteiger partial charge < -0.3 is 5.32 Å². The quantitative estimate of drug-likeness (QED) is 0.283. The Morgan fingerprint density at radius 1 is 0.789 bits per heavy atom. The first kappa shape index (κ1) is 19.4. The van der Waals surface area contributed by atoms with Gasteiger partial charge in [-0.25, -0.2) is 0 Å². The third-order valence-corrected chi connectivity index (χ3v) is 4.37. The lowest BCUT2D eigenvalue weighted by Crippen LogP contribution is -2.29. The summed E-state index contributed by atoms with van der Waals surface area (Å²) in [6.45, 7) is 5.77. The zero-order valence-corrected chi connectivity index (χ0v) is 14.9. The minimum atomic E-state index is 0.720. The van der Waals surface area contributed by atoms with E-state index in [2.05, 4.69) is 35.1 Å². The number of rotatable bonds is 15. The van der Waals surface area contributed by atoms with Crippen molar-refractivity contribution < 1.29 is 0 Å². The molecule has 0 aliphatic rings. The normalized spacial score (nSPS) is 12.8. The minimum Gasteiger partial charge on any atom is -0.314 e. The Kier molecular flexibility index (Phi) is 16.9. The van der Waals surface area contributed by atoms with Crippen LogP contribution >= 0.6 is 15.9 Å². The Balaban J connectivity index is 3.09. The van der Waals surface area contributed by atoms with Crippen molar-refractivity contribution >= 4 is 15.9 Å². The Labute approximate surface area is 130 Å².